The van der Waals surface area contributed by atoms with Crippen LogP contribution in [0.3, 0.4) is 0 Å². The van der Waals surface area contributed by atoms with E-state index in [2.05, 4.69) is 10.3 Å². The van der Waals surface area contributed by atoms with E-state index in [1.807, 2.05) is 48.0 Å². The van der Waals surface area contributed by atoms with Crippen LogP contribution in [-0.2, 0) is 23.2 Å². The predicted molar refractivity (Wildman–Crippen MR) is 115 cm³/mol. The third-order valence-electron chi connectivity index (χ3n) is 5.85. The first-order chi connectivity index (χ1) is 14.9. The smallest absolute Gasteiger partial charge is 0.255 e. The number of rotatable bonds is 3. The predicted octanol–water partition coefficient (Wildman–Crippen LogP) is 3.17. The van der Waals surface area contributed by atoms with Crippen molar-refractivity contribution >= 4 is 29.3 Å². The Hall–Kier alpha value is -3.45. The average molecular weight is 435 g/mol. The number of aromatic nitrogens is 2. The fourth-order valence-electron chi connectivity index (χ4n) is 4.31. The van der Waals surface area contributed by atoms with Crippen LogP contribution in [0.5, 0.6) is 0 Å². The number of carbonyl (C=O) groups excluding carboxylic acids is 3. The fraction of sp³-hybridized carbons (Fsp3) is 0.217. The Balaban J connectivity index is 1.49. The number of carbonyl (C=O) groups is 3. The molecular formula is C23H19ClN4O3. The lowest BCUT2D eigenvalue weighted by atomic mass is 10.0. The van der Waals surface area contributed by atoms with Gasteiger partial charge in [-0.15, -0.1) is 0 Å². The highest BCUT2D eigenvalue weighted by molar-refractivity contribution is 6.30. The summed E-state index contributed by atoms with van der Waals surface area (Å²) in [7, 11) is 1.93. The number of benzene rings is 2. The molecule has 0 radical (unpaired) electrons. The van der Waals surface area contributed by atoms with Crippen molar-refractivity contribution < 1.29 is 14.4 Å². The van der Waals surface area contributed by atoms with Gasteiger partial charge in [0, 0.05) is 41.7 Å². The number of aryl methyl sites for hydroxylation is 1. The maximum absolute atomic E-state index is 12.9. The van der Waals surface area contributed by atoms with E-state index in [0.29, 0.717) is 23.6 Å². The molecule has 1 aromatic heterocycles. The highest BCUT2D eigenvalue weighted by atomic mass is 35.5. The first-order valence-corrected chi connectivity index (χ1v) is 10.4. The number of nitrogens with one attached hydrogen (secondary N) is 1. The standard InChI is InChI=1S/C23H19ClN4O3/c1-27-12-25-20(21(27)13-2-5-16(24)6-3-13)14-4-7-17-15(10-14)11-28(23(17)31)18-8-9-19(29)26-22(18)30/h2-7,10,12,18H,8-9,11H2,1H3,(H,26,29,30). The minimum atomic E-state index is -0.625. The molecule has 31 heavy (non-hydrogen) atoms. The number of imidazole rings is 1. The second kappa shape index (κ2) is 7.35. The molecule has 1 saturated heterocycles. The minimum Gasteiger partial charge on any atom is -0.333 e. The van der Waals surface area contributed by atoms with Crippen LogP contribution in [0.2, 0.25) is 5.02 Å². The molecule has 7 nitrogen and oxygen atoms in total. The van der Waals surface area contributed by atoms with Crippen LogP contribution in [0.4, 0.5) is 0 Å². The number of halogens is 1. The molecule has 0 saturated carbocycles. The molecule has 3 amide bonds. The Morgan fingerprint density at radius 3 is 2.55 bits per heavy atom. The van der Waals surface area contributed by atoms with Crippen molar-refractivity contribution in [1.29, 1.82) is 0 Å². The number of hydrogen-bond acceptors (Lipinski definition) is 4. The quantitative estimate of drug-likeness (QED) is 0.642. The van der Waals surface area contributed by atoms with Crippen LogP contribution in [0.15, 0.2) is 48.8 Å². The van der Waals surface area contributed by atoms with Crippen LogP contribution >= 0.6 is 11.6 Å². The van der Waals surface area contributed by atoms with Gasteiger partial charge in [-0.2, -0.15) is 0 Å². The molecule has 0 bridgehead atoms. The summed E-state index contributed by atoms with van der Waals surface area (Å²) in [5.74, 6) is -0.889. The van der Waals surface area contributed by atoms with Crippen molar-refractivity contribution in [1.82, 2.24) is 19.8 Å². The molecule has 1 atom stereocenters. The van der Waals surface area contributed by atoms with E-state index in [1.54, 1.807) is 17.3 Å². The van der Waals surface area contributed by atoms with E-state index in [0.717, 1.165) is 28.1 Å². The third kappa shape index (κ3) is 3.31. The van der Waals surface area contributed by atoms with E-state index < -0.39 is 11.9 Å². The maximum Gasteiger partial charge on any atom is 0.255 e. The van der Waals surface area contributed by atoms with Gasteiger partial charge < -0.3 is 9.47 Å². The van der Waals surface area contributed by atoms with Gasteiger partial charge in [-0.3, -0.25) is 19.7 Å². The van der Waals surface area contributed by atoms with E-state index in [9.17, 15) is 14.4 Å². The van der Waals surface area contributed by atoms with E-state index in [4.69, 9.17) is 11.6 Å². The molecule has 0 aliphatic carbocycles. The molecule has 8 heteroatoms. The van der Waals surface area contributed by atoms with Gasteiger partial charge in [0.1, 0.15) is 6.04 Å². The largest absolute Gasteiger partial charge is 0.333 e. The molecule has 1 unspecified atom stereocenters. The zero-order valence-electron chi connectivity index (χ0n) is 16.8. The molecule has 2 aromatic carbocycles. The van der Waals surface area contributed by atoms with Crippen molar-refractivity contribution in [2.24, 2.45) is 7.05 Å². The van der Waals surface area contributed by atoms with Gasteiger partial charge in [0.15, 0.2) is 0 Å². The normalized spacial score (nSPS) is 18.3. The fourth-order valence-corrected chi connectivity index (χ4v) is 4.44. The molecule has 156 valence electrons. The second-order valence-corrected chi connectivity index (χ2v) is 8.27. The number of piperidine rings is 1. The van der Waals surface area contributed by atoms with Crippen LogP contribution in [-0.4, -0.2) is 38.2 Å². The average Bonchev–Trinajstić information content (AvgIpc) is 3.28. The molecule has 5 rings (SSSR count). The Labute approximate surface area is 183 Å². The second-order valence-electron chi connectivity index (χ2n) is 7.83. The summed E-state index contributed by atoms with van der Waals surface area (Å²) >= 11 is 6.04. The minimum absolute atomic E-state index is 0.185. The van der Waals surface area contributed by atoms with Crippen LogP contribution in [0, 0.1) is 0 Å². The van der Waals surface area contributed by atoms with Gasteiger partial charge in [0.2, 0.25) is 11.8 Å². The molecular weight excluding hydrogens is 416 g/mol. The first-order valence-electron chi connectivity index (χ1n) is 9.97. The lowest BCUT2D eigenvalue weighted by Gasteiger charge is -2.29. The van der Waals surface area contributed by atoms with Gasteiger partial charge in [-0.1, -0.05) is 29.8 Å². The Morgan fingerprint density at radius 1 is 1.06 bits per heavy atom. The van der Waals surface area contributed by atoms with Crippen molar-refractivity contribution in [2.75, 3.05) is 0 Å². The summed E-state index contributed by atoms with van der Waals surface area (Å²) in [5.41, 5.74) is 5.06. The Bertz CT molecular complexity index is 1230. The topological polar surface area (TPSA) is 84.3 Å². The lowest BCUT2D eigenvalue weighted by molar-refractivity contribution is -0.136. The SMILES string of the molecule is Cn1cnc(-c2ccc3c(c2)CN(C2CCC(=O)NC2=O)C3=O)c1-c1ccc(Cl)cc1. The van der Waals surface area contributed by atoms with Gasteiger partial charge >= 0.3 is 0 Å². The van der Waals surface area contributed by atoms with E-state index in [1.165, 1.54) is 0 Å². The summed E-state index contributed by atoms with van der Waals surface area (Å²) in [4.78, 5) is 42.8. The molecule has 2 aliphatic heterocycles. The lowest BCUT2D eigenvalue weighted by Crippen LogP contribution is -2.52. The van der Waals surface area contributed by atoms with E-state index >= 15 is 0 Å². The number of hydrogen-bond donors (Lipinski definition) is 1. The summed E-state index contributed by atoms with van der Waals surface area (Å²) < 4.78 is 1.95. The first kappa shape index (κ1) is 19.5. The van der Waals surface area contributed by atoms with Crippen molar-refractivity contribution in [3.05, 3.63) is 64.9 Å². The van der Waals surface area contributed by atoms with E-state index in [-0.39, 0.29) is 18.2 Å². The highest BCUT2D eigenvalue weighted by Crippen LogP contribution is 2.35. The molecule has 0 spiro atoms. The van der Waals surface area contributed by atoms with Crippen LogP contribution < -0.4 is 5.32 Å². The number of fused-ring (bicyclic) bond motifs is 1. The van der Waals surface area contributed by atoms with Gasteiger partial charge in [0.25, 0.3) is 5.91 Å². The Morgan fingerprint density at radius 2 is 1.81 bits per heavy atom. The summed E-state index contributed by atoms with van der Waals surface area (Å²) in [6.45, 7) is 0.331. The number of imide groups is 1. The molecule has 1 fully saturated rings. The summed E-state index contributed by atoms with van der Waals surface area (Å²) in [6, 6.07) is 12.6. The van der Waals surface area contributed by atoms with Crippen molar-refractivity contribution in [3.8, 4) is 22.5 Å². The maximum atomic E-state index is 12.9. The number of amides is 3. The van der Waals surface area contributed by atoms with Gasteiger partial charge in [-0.25, -0.2) is 4.98 Å². The molecule has 1 N–H and O–H groups in total. The summed E-state index contributed by atoms with van der Waals surface area (Å²) in [6.07, 6.45) is 2.34. The molecule has 3 heterocycles. The molecule has 3 aromatic rings. The summed E-state index contributed by atoms with van der Waals surface area (Å²) in [5, 5.41) is 2.99. The highest BCUT2D eigenvalue weighted by Gasteiger charge is 2.39. The van der Waals surface area contributed by atoms with Crippen molar-refractivity contribution in [2.45, 2.75) is 25.4 Å². The zero-order valence-corrected chi connectivity index (χ0v) is 17.5. The number of nitrogens with zero attached hydrogens (tertiary/aromatic N) is 3. The zero-order chi connectivity index (χ0) is 21.7. The molecule has 2 aliphatic rings. The Kier molecular flexibility index (Phi) is 4.63. The van der Waals surface area contributed by atoms with Crippen LogP contribution in [0.25, 0.3) is 22.5 Å². The van der Waals surface area contributed by atoms with Gasteiger partial charge in [-0.05, 0) is 36.2 Å². The van der Waals surface area contributed by atoms with Crippen molar-refractivity contribution in [3.63, 3.8) is 0 Å². The van der Waals surface area contributed by atoms with Gasteiger partial charge in [0.05, 0.1) is 17.7 Å². The monoisotopic (exact) mass is 434 g/mol. The third-order valence-corrected chi connectivity index (χ3v) is 6.10. The van der Waals surface area contributed by atoms with Crippen LogP contribution in [0.1, 0.15) is 28.8 Å².